The normalized spacial score (nSPS) is 16.2. The van der Waals surface area contributed by atoms with E-state index < -0.39 is 10.0 Å². The molecule has 0 unspecified atom stereocenters. The topological polar surface area (TPSA) is 66.9 Å². The van der Waals surface area contributed by atoms with E-state index in [1.165, 1.54) is 4.31 Å². The number of carbonyl (C=O) groups is 1. The highest BCUT2D eigenvalue weighted by Gasteiger charge is 2.28. The lowest BCUT2D eigenvalue weighted by Crippen LogP contribution is -2.50. The van der Waals surface area contributed by atoms with Crippen molar-refractivity contribution in [3.05, 3.63) is 65.7 Å². The van der Waals surface area contributed by atoms with Crippen molar-refractivity contribution in [1.82, 2.24) is 9.21 Å². The lowest BCUT2D eigenvalue weighted by Gasteiger charge is -2.33. The molecular formula is C20H24N2O4S. The van der Waals surface area contributed by atoms with Crippen molar-refractivity contribution in [2.75, 3.05) is 39.8 Å². The summed E-state index contributed by atoms with van der Waals surface area (Å²) in [4.78, 5) is 14.3. The first kappa shape index (κ1) is 19.5. The van der Waals surface area contributed by atoms with E-state index in [0.717, 1.165) is 0 Å². The second-order valence-corrected chi connectivity index (χ2v) is 8.54. The Morgan fingerprint density at radius 2 is 1.70 bits per heavy atom. The number of rotatable bonds is 7. The quantitative estimate of drug-likeness (QED) is 0.679. The lowest BCUT2D eigenvalue weighted by molar-refractivity contribution is 0.0901. The minimum atomic E-state index is -3.40. The van der Waals surface area contributed by atoms with Gasteiger partial charge in [0.25, 0.3) is 0 Å². The summed E-state index contributed by atoms with van der Waals surface area (Å²) in [7, 11) is -1.84. The second-order valence-electron chi connectivity index (χ2n) is 6.57. The van der Waals surface area contributed by atoms with Crippen LogP contribution in [0.5, 0.6) is 5.75 Å². The van der Waals surface area contributed by atoms with Crippen molar-refractivity contribution >= 4 is 15.8 Å². The molecule has 1 fully saturated rings. The molecule has 0 amide bonds. The van der Waals surface area contributed by atoms with Gasteiger partial charge in [0.05, 0.1) is 19.4 Å². The molecule has 1 aliphatic heterocycles. The fraction of sp³-hybridized carbons (Fsp3) is 0.350. The number of sulfonamides is 1. The molecule has 0 radical (unpaired) electrons. The van der Waals surface area contributed by atoms with Crippen molar-refractivity contribution in [1.29, 1.82) is 0 Å². The van der Waals surface area contributed by atoms with E-state index in [9.17, 15) is 13.2 Å². The largest absolute Gasteiger partial charge is 0.497 e. The van der Waals surface area contributed by atoms with E-state index in [-0.39, 0.29) is 11.5 Å². The summed E-state index contributed by atoms with van der Waals surface area (Å²) in [6, 6.07) is 16.3. The number of piperazine rings is 1. The van der Waals surface area contributed by atoms with Crippen LogP contribution in [0.3, 0.4) is 0 Å². The lowest BCUT2D eigenvalue weighted by atomic mass is 10.1. The Morgan fingerprint density at radius 1 is 1.00 bits per heavy atom. The highest BCUT2D eigenvalue weighted by molar-refractivity contribution is 7.88. The summed E-state index contributed by atoms with van der Waals surface area (Å²) in [6.45, 7) is 2.21. The van der Waals surface area contributed by atoms with Gasteiger partial charge in [0.2, 0.25) is 10.0 Å². The van der Waals surface area contributed by atoms with Gasteiger partial charge in [0.1, 0.15) is 5.75 Å². The van der Waals surface area contributed by atoms with E-state index in [2.05, 4.69) is 0 Å². The maximum Gasteiger partial charge on any atom is 0.218 e. The van der Waals surface area contributed by atoms with Crippen LogP contribution < -0.4 is 4.74 Å². The monoisotopic (exact) mass is 388 g/mol. The van der Waals surface area contributed by atoms with E-state index in [4.69, 9.17) is 4.74 Å². The van der Waals surface area contributed by atoms with E-state index >= 15 is 0 Å². The number of ketones is 1. The van der Waals surface area contributed by atoms with Gasteiger partial charge in [0, 0.05) is 31.7 Å². The maximum atomic E-state index is 12.7. The molecule has 1 saturated heterocycles. The van der Waals surface area contributed by atoms with Crippen LogP contribution in [0.2, 0.25) is 0 Å². The van der Waals surface area contributed by atoms with Crippen LogP contribution in [-0.4, -0.2) is 63.2 Å². The van der Waals surface area contributed by atoms with Gasteiger partial charge in [-0.3, -0.25) is 9.69 Å². The van der Waals surface area contributed by atoms with Gasteiger partial charge in [-0.25, -0.2) is 8.42 Å². The predicted molar refractivity (Wildman–Crippen MR) is 104 cm³/mol. The first-order chi connectivity index (χ1) is 13.0. The average Bonchev–Trinajstić information content (AvgIpc) is 2.69. The Morgan fingerprint density at radius 3 is 2.37 bits per heavy atom. The van der Waals surface area contributed by atoms with Gasteiger partial charge in [-0.2, -0.15) is 4.31 Å². The minimum absolute atomic E-state index is 0.0485. The molecule has 144 valence electrons. The summed E-state index contributed by atoms with van der Waals surface area (Å²) in [5.74, 6) is 0.655. The Kier molecular flexibility index (Phi) is 6.26. The van der Waals surface area contributed by atoms with Crippen molar-refractivity contribution in [2.45, 2.75) is 5.75 Å². The standard InChI is InChI=1S/C20H24N2O4S/c1-26-19-9-5-6-17(14-19)16-27(24,25)22-12-10-21(11-13-22)15-20(23)18-7-3-2-4-8-18/h2-9,14H,10-13,15-16H2,1H3. The summed E-state index contributed by atoms with van der Waals surface area (Å²) in [5.41, 5.74) is 1.39. The molecule has 0 atom stereocenters. The summed E-state index contributed by atoms with van der Waals surface area (Å²) >= 11 is 0. The van der Waals surface area contributed by atoms with Gasteiger partial charge in [-0.05, 0) is 17.7 Å². The number of hydrogen-bond acceptors (Lipinski definition) is 5. The number of ether oxygens (including phenoxy) is 1. The van der Waals surface area contributed by atoms with Crippen LogP contribution in [0, 0.1) is 0 Å². The molecule has 2 aromatic carbocycles. The fourth-order valence-corrected chi connectivity index (χ4v) is 4.65. The SMILES string of the molecule is COc1cccc(CS(=O)(=O)N2CCN(CC(=O)c3ccccc3)CC2)c1. The molecular weight excluding hydrogens is 364 g/mol. The number of carbonyl (C=O) groups excluding carboxylic acids is 1. The van der Waals surface area contributed by atoms with Crippen LogP contribution in [0.4, 0.5) is 0 Å². The molecule has 27 heavy (non-hydrogen) atoms. The zero-order valence-electron chi connectivity index (χ0n) is 15.4. The summed E-state index contributed by atoms with van der Waals surface area (Å²) < 4.78 is 32.1. The third kappa shape index (κ3) is 5.15. The Bertz CT molecular complexity index is 876. The molecule has 0 aliphatic carbocycles. The summed E-state index contributed by atoms with van der Waals surface area (Å²) in [6.07, 6.45) is 0. The van der Waals surface area contributed by atoms with Crippen molar-refractivity contribution in [3.63, 3.8) is 0 Å². The molecule has 2 aromatic rings. The third-order valence-electron chi connectivity index (χ3n) is 4.67. The van der Waals surface area contributed by atoms with Crippen LogP contribution in [0.1, 0.15) is 15.9 Å². The predicted octanol–water partition coefficient (Wildman–Crippen LogP) is 2.03. The van der Waals surface area contributed by atoms with Crippen LogP contribution >= 0.6 is 0 Å². The van der Waals surface area contributed by atoms with Gasteiger partial charge in [0.15, 0.2) is 5.78 Å². The molecule has 0 aromatic heterocycles. The molecule has 7 heteroatoms. The highest BCUT2D eigenvalue weighted by atomic mass is 32.2. The number of nitrogens with zero attached hydrogens (tertiary/aromatic N) is 2. The highest BCUT2D eigenvalue weighted by Crippen LogP contribution is 2.18. The van der Waals surface area contributed by atoms with Crippen molar-refractivity contribution in [3.8, 4) is 5.75 Å². The van der Waals surface area contributed by atoms with E-state index in [0.29, 0.717) is 49.6 Å². The zero-order valence-corrected chi connectivity index (χ0v) is 16.2. The minimum Gasteiger partial charge on any atom is -0.497 e. The van der Waals surface area contributed by atoms with Gasteiger partial charge in [-0.1, -0.05) is 42.5 Å². The van der Waals surface area contributed by atoms with Crippen LogP contribution in [0.25, 0.3) is 0 Å². The van der Waals surface area contributed by atoms with Gasteiger partial charge in [-0.15, -0.1) is 0 Å². The van der Waals surface area contributed by atoms with Crippen molar-refractivity contribution in [2.24, 2.45) is 0 Å². The van der Waals surface area contributed by atoms with Gasteiger partial charge >= 0.3 is 0 Å². The molecule has 1 aliphatic rings. The molecule has 0 saturated carbocycles. The second kappa shape index (κ2) is 8.65. The maximum absolute atomic E-state index is 12.7. The van der Waals surface area contributed by atoms with Crippen molar-refractivity contribution < 1.29 is 17.9 Å². The number of hydrogen-bond donors (Lipinski definition) is 0. The first-order valence-electron chi connectivity index (χ1n) is 8.89. The first-order valence-corrected chi connectivity index (χ1v) is 10.5. The fourth-order valence-electron chi connectivity index (χ4n) is 3.15. The molecule has 6 nitrogen and oxygen atoms in total. The average molecular weight is 388 g/mol. The summed E-state index contributed by atoms with van der Waals surface area (Å²) in [5, 5.41) is 0. The Hall–Kier alpha value is -2.22. The molecule has 0 bridgehead atoms. The zero-order chi connectivity index (χ0) is 19.3. The Labute approximate surface area is 160 Å². The van der Waals surface area contributed by atoms with Gasteiger partial charge < -0.3 is 4.74 Å². The molecule has 0 spiro atoms. The molecule has 1 heterocycles. The molecule has 0 N–H and O–H groups in total. The van der Waals surface area contributed by atoms with E-state index in [1.54, 1.807) is 43.5 Å². The number of benzene rings is 2. The van der Waals surface area contributed by atoms with Crippen LogP contribution in [0.15, 0.2) is 54.6 Å². The van der Waals surface area contributed by atoms with E-state index in [1.807, 2.05) is 23.1 Å². The third-order valence-corrected chi connectivity index (χ3v) is 6.52. The Balaban J connectivity index is 1.55. The number of Topliss-reactive ketones (excluding diaryl/α,β-unsaturated/α-hetero) is 1. The smallest absolute Gasteiger partial charge is 0.218 e. The molecule has 3 rings (SSSR count). The van der Waals surface area contributed by atoms with Crippen LogP contribution in [-0.2, 0) is 15.8 Å². The number of methoxy groups -OCH3 is 1.